The van der Waals surface area contributed by atoms with E-state index in [1.165, 1.54) is 6.42 Å². The van der Waals surface area contributed by atoms with Crippen LogP contribution >= 0.6 is 0 Å². The molecule has 162 valence electrons. The minimum absolute atomic E-state index is 0.00654. The van der Waals surface area contributed by atoms with Gasteiger partial charge in [0.25, 0.3) is 5.91 Å². The number of hydrogen-bond acceptors (Lipinski definition) is 4. The normalized spacial score (nSPS) is 13.3. The first-order valence-corrected chi connectivity index (χ1v) is 11.2. The monoisotopic (exact) mass is 417 g/mol. The largest absolute Gasteiger partial charge is 0.358 e. The van der Waals surface area contributed by atoms with Crippen LogP contribution in [0.3, 0.4) is 0 Å². The van der Waals surface area contributed by atoms with Crippen LogP contribution in [-0.2, 0) is 12.8 Å². The molecule has 0 unspecified atom stereocenters. The molecule has 1 aliphatic rings. The predicted octanol–water partition coefficient (Wildman–Crippen LogP) is 3.99. The zero-order valence-corrected chi connectivity index (χ0v) is 18.4. The van der Waals surface area contributed by atoms with Gasteiger partial charge < -0.3 is 15.6 Å². The molecule has 6 heteroatoms. The number of carbonyl (C=O) groups is 1. The first kappa shape index (κ1) is 21.2. The molecule has 0 fully saturated rings. The van der Waals surface area contributed by atoms with Gasteiger partial charge in [0.05, 0.1) is 11.3 Å². The Morgan fingerprint density at radius 1 is 1.10 bits per heavy atom. The molecular formula is C25H31N5O. The fourth-order valence-corrected chi connectivity index (χ4v) is 3.84. The minimum atomic E-state index is -0.00654. The highest BCUT2D eigenvalue weighted by Gasteiger charge is 2.20. The van der Waals surface area contributed by atoms with E-state index in [2.05, 4.69) is 51.6 Å². The van der Waals surface area contributed by atoms with E-state index in [-0.39, 0.29) is 5.91 Å². The number of amides is 1. The summed E-state index contributed by atoms with van der Waals surface area (Å²) >= 11 is 0. The third kappa shape index (κ3) is 5.39. The van der Waals surface area contributed by atoms with Crippen LogP contribution in [0.15, 0.2) is 42.7 Å². The number of aryl methyl sites for hydroxylation is 1. The molecule has 0 radical (unpaired) electrons. The van der Waals surface area contributed by atoms with Gasteiger partial charge in [0.15, 0.2) is 0 Å². The van der Waals surface area contributed by atoms with E-state index in [1.807, 2.05) is 24.4 Å². The predicted molar refractivity (Wildman–Crippen MR) is 124 cm³/mol. The standard InChI is InChI=1S/C25H31N5O/c1-17(2)7-11-26-10-3-4-20-6-5-19(16-29-20)23-14-18(8-12-27-23)24-15-21-22(30-24)9-13-28-25(21)31/h5-6,8,12,14-17,26,30H,3-4,7,9-11,13H2,1-2H3,(H,28,31). The van der Waals surface area contributed by atoms with Crippen molar-refractivity contribution in [1.29, 1.82) is 0 Å². The fourth-order valence-electron chi connectivity index (χ4n) is 3.84. The molecule has 0 spiro atoms. The number of fused-ring (bicyclic) bond motifs is 1. The van der Waals surface area contributed by atoms with Crippen molar-refractivity contribution in [3.05, 3.63) is 59.7 Å². The van der Waals surface area contributed by atoms with Crippen molar-refractivity contribution in [2.45, 2.75) is 39.5 Å². The van der Waals surface area contributed by atoms with Crippen LogP contribution in [0.25, 0.3) is 22.5 Å². The molecule has 1 aliphatic heterocycles. The Bertz CT molecular complexity index is 1020. The van der Waals surface area contributed by atoms with Gasteiger partial charge in [0, 0.05) is 53.6 Å². The van der Waals surface area contributed by atoms with Gasteiger partial charge in [0.1, 0.15) is 0 Å². The fraction of sp³-hybridized carbons (Fsp3) is 0.400. The number of rotatable bonds is 9. The van der Waals surface area contributed by atoms with E-state index in [9.17, 15) is 4.79 Å². The molecule has 31 heavy (non-hydrogen) atoms. The highest BCUT2D eigenvalue weighted by atomic mass is 16.1. The number of aromatic amines is 1. The Kier molecular flexibility index (Phi) is 6.77. The van der Waals surface area contributed by atoms with Gasteiger partial charge in [-0.2, -0.15) is 0 Å². The lowest BCUT2D eigenvalue weighted by Crippen LogP contribution is -2.31. The summed E-state index contributed by atoms with van der Waals surface area (Å²) in [6.45, 7) is 7.29. The quantitative estimate of drug-likeness (QED) is 0.460. The van der Waals surface area contributed by atoms with E-state index in [4.69, 9.17) is 0 Å². The van der Waals surface area contributed by atoms with Crippen LogP contribution in [0, 0.1) is 5.92 Å². The van der Waals surface area contributed by atoms with E-state index >= 15 is 0 Å². The lowest BCUT2D eigenvalue weighted by molar-refractivity contribution is 0.0946. The first-order valence-electron chi connectivity index (χ1n) is 11.2. The van der Waals surface area contributed by atoms with Gasteiger partial charge in [-0.25, -0.2) is 0 Å². The molecule has 0 saturated carbocycles. The summed E-state index contributed by atoms with van der Waals surface area (Å²) in [7, 11) is 0. The highest BCUT2D eigenvalue weighted by molar-refractivity contribution is 5.97. The second-order valence-corrected chi connectivity index (χ2v) is 8.59. The third-order valence-electron chi connectivity index (χ3n) is 5.68. The summed E-state index contributed by atoms with van der Waals surface area (Å²) in [6.07, 6.45) is 7.82. The molecule has 0 saturated heterocycles. The number of pyridine rings is 2. The molecule has 4 heterocycles. The molecule has 1 amide bonds. The second kappa shape index (κ2) is 9.88. The van der Waals surface area contributed by atoms with E-state index in [0.717, 1.165) is 77.7 Å². The molecule has 0 atom stereocenters. The number of nitrogens with zero attached hydrogens (tertiary/aromatic N) is 2. The molecular weight excluding hydrogens is 386 g/mol. The maximum absolute atomic E-state index is 12.0. The SMILES string of the molecule is CC(C)CCNCCCc1ccc(-c2cc(-c3cc4c([nH]3)CCNC4=O)ccn2)cn1. The summed E-state index contributed by atoms with van der Waals surface area (Å²) in [6, 6.07) is 10.1. The summed E-state index contributed by atoms with van der Waals surface area (Å²) < 4.78 is 0. The summed E-state index contributed by atoms with van der Waals surface area (Å²) in [5.41, 5.74) is 6.68. The Morgan fingerprint density at radius 3 is 2.77 bits per heavy atom. The van der Waals surface area contributed by atoms with Gasteiger partial charge in [-0.15, -0.1) is 0 Å². The lowest BCUT2D eigenvalue weighted by Gasteiger charge is -2.11. The van der Waals surface area contributed by atoms with Crippen LogP contribution in [0.5, 0.6) is 0 Å². The smallest absolute Gasteiger partial charge is 0.253 e. The van der Waals surface area contributed by atoms with Crippen molar-refractivity contribution in [3.63, 3.8) is 0 Å². The van der Waals surface area contributed by atoms with Crippen LogP contribution < -0.4 is 10.6 Å². The molecule has 0 aliphatic carbocycles. The molecule has 3 N–H and O–H groups in total. The van der Waals surface area contributed by atoms with Gasteiger partial charge in [-0.05, 0) is 68.6 Å². The lowest BCUT2D eigenvalue weighted by atomic mass is 10.1. The van der Waals surface area contributed by atoms with Crippen molar-refractivity contribution in [3.8, 4) is 22.5 Å². The average Bonchev–Trinajstić information content (AvgIpc) is 3.22. The molecule has 0 bridgehead atoms. The third-order valence-corrected chi connectivity index (χ3v) is 5.68. The van der Waals surface area contributed by atoms with Crippen molar-refractivity contribution < 1.29 is 4.79 Å². The zero-order valence-electron chi connectivity index (χ0n) is 18.4. The highest BCUT2D eigenvalue weighted by Crippen LogP contribution is 2.27. The molecule has 4 rings (SSSR count). The second-order valence-electron chi connectivity index (χ2n) is 8.59. The molecule has 0 aromatic carbocycles. The number of H-pyrrole nitrogens is 1. The van der Waals surface area contributed by atoms with Crippen LogP contribution in [0.2, 0.25) is 0 Å². The van der Waals surface area contributed by atoms with Crippen LogP contribution in [0.4, 0.5) is 0 Å². The Labute approximate surface area is 183 Å². The average molecular weight is 418 g/mol. The maximum Gasteiger partial charge on any atom is 0.253 e. The summed E-state index contributed by atoms with van der Waals surface area (Å²) in [5, 5.41) is 6.39. The van der Waals surface area contributed by atoms with E-state index in [1.54, 1.807) is 6.20 Å². The van der Waals surface area contributed by atoms with Crippen molar-refractivity contribution in [2.75, 3.05) is 19.6 Å². The van der Waals surface area contributed by atoms with Gasteiger partial charge >= 0.3 is 0 Å². The molecule has 6 nitrogen and oxygen atoms in total. The first-order chi connectivity index (χ1) is 15.1. The van der Waals surface area contributed by atoms with Crippen LogP contribution in [0.1, 0.15) is 48.4 Å². The minimum Gasteiger partial charge on any atom is -0.358 e. The maximum atomic E-state index is 12.0. The Morgan fingerprint density at radius 2 is 2.00 bits per heavy atom. The topological polar surface area (TPSA) is 82.7 Å². The summed E-state index contributed by atoms with van der Waals surface area (Å²) in [4.78, 5) is 24.6. The number of aromatic nitrogens is 3. The molecule has 3 aromatic rings. The van der Waals surface area contributed by atoms with Gasteiger partial charge in [-0.3, -0.25) is 14.8 Å². The number of nitrogens with one attached hydrogen (secondary N) is 3. The zero-order chi connectivity index (χ0) is 21.6. The van der Waals surface area contributed by atoms with Crippen molar-refractivity contribution >= 4 is 5.91 Å². The van der Waals surface area contributed by atoms with Gasteiger partial charge in [0.2, 0.25) is 0 Å². The van der Waals surface area contributed by atoms with E-state index in [0.29, 0.717) is 6.54 Å². The number of carbonyl (C=O) groups excluding carboxylic acids is 1. The van der Waals surface area contributed by atoms with Crippen LogP contribution in [-0.4, -0.2) is 40.5 Å². The van der Waals surface area contributed by atoms with Crippen molar-refractivity contribution in [1.82, 2.24) is 25.6 Å². The Hall–Kier alpha value is -2.99. The Balaban J connectivity index is 1.39. The number of hydrogen-bond donors (Lipinski definition) is 3. The molecule has 3 aromatic heterocycles. The van der Waals surface area contributed by atoms with Crippen molar-refractivity contribution in [2.24, 2.45) is 5.92 Å². The summed E-state index contributed by atoms with van der Waals surface area (Å²) in [5.74, 6) is 0.739. The van der Waals surface area contributed by atoms with E-state index < -0.39 is 0 Å². The van der Waals surface area contributed by atoms with Gasteiger partial charge in [-0.1, -0.05) is 13.8 Å².